The van der Waals surface area contributed by atoms with Crippen molar-refractivity contribution in [3.63, 3.8) is 0 Å². The van der Waals surface area contributed by atoms with Crippen LogP contribution in [0.25, 0.3) is 0 Å². The summed E-state index contributed by atoms with van der Waals surface area (Å²) < 4.78 is 22.9. The molecule has 1 unspecified atom stereocenters. The van der Waals surface area contributed by atoms with Gasteiger partial charge in [0.05, 0.1) is 5.75 Å². The molecular weight excluding hydrogens is 402 g/mol. The highest BCUT2D eigenvalue weighted by atomic mass is 35.5. The van der Waals surface area contributed by atoms with Crippen molar-refractivity contribution in [3.8, 4) is 0 Å². The van der Waals surface area contributed by atoms with Gasteiger partial charge in [0, 0.05) is 18.4 Å². The number of hydrogen-bond acceptors (Lipinski definition) is 5. The van der Waals surface area contributed by atoms with E-state index >= 15 is 0 Å². The largest absolute Gasteiger partial charge is 0.354 e. The summed E-state index contributed by atoms with van der Waals surface area (Å²) in [5.74, 6) is -1.01. The highest BCUT2D eigenvalue weighted by Crippen LogP contribution is 2.22. The number of benzene rings is 1. The predicted octanol–water partition coefficient (Wildman–Crippen LogP) is 1.40. The number of nitrogens with one attached hydrogen (secondary N) is 2. The number of halogens is 1. The lowest BCUT2D eigenvalue weighted by atomic mass is 9.86. The molecule has 0 aromatic heterocycles. The minimum atomic E-state index is -3.25. The fourth-order valence-corrected chi connectivity index (χ4v) is 3.06. The van der Waals surface area contributed by atoms with Crippen molar-refractivity contribution < 1.29 is 18.0 Å². The fraction of sp³-hybridized carbons (Fsp3) is 0.579. The third kappa shape index (κ3) is 9.52. The minimum absolute atomic E-state index is 0. The molecule has 0 spiro atoms. The van der Waals surface area contributed by atoms with E-state index in [9.17, 15) is 18.0 Å². The Kier molecular flexibility index (Phi) is 10.7. The number of rotatable bonds is 9. The zero-order valence-electron chi connectivity index (χ0n) is 16.9. The number of amides is 2. The summed E-state index contributed by atoms with van der Waals surface area (Å²) in [5, 5.41) is 5.32. The van der Waals surface area contributed by atoms with Crippen LogP contribution in [0.2, 0.25) is 0 Å². The maximum absolute atomic E-state index is 12.5. The Bertz CT molecular complexity index is 743. The third-order valence-corrected chi connectivity index (χ3v) is 5.07. The van der Waals surface area contributed by atoms with E-state index < -0.39 is 27.7 Å². The van der Waals surface area contributed by atoms with Crippen molar-refractivity contribution in [3.05, 3.63) is 35.4 Å². The summed E-state index contributed by atoms with van der Waals surface area (Å²) in [4.78, 5) is 24.8. The van der Waals surface area contributed by atoms with Crippen LogP contribution in [0.5, 0.6) is 0 Å². The standard InChI is InChI=1S/C19H31N3O4S.ClH/c1-19(2,3)15-8-6-14(7-9-15)17(23)22-16(10-13-27(4,25)26)18(24)21-12-5-11-20;/h6-9,16H,5,10-13,20H2,1-4H3,(H,21,24)(H,22,23);1H. The molecule has 0 aliphatic heterocycles. The lowest BCUT2D eigenvalue weighted by molar-refractivity contribution is -0.123. The van der Waals surface area contributed by atoms with E-state index in [0.29, 0.717) is 25.1 Å². The van der Waals surface area contributed by atoms with Crippen LogP contribution in [0.4, 0.5) is 0 Å². The second-order valence-corrected chi connectivity index (χ2v) is 9.96. The molecule has 0 saturated carbocycles. The molecule has 0 aliphatic rings. The van der Waals surface area contributed by atoms with E-state index in [1.807, 2.05) is 12.1 Å². The number of nitrogens with two attached hydrogens (primary N) is 1. The van der Waals surface area contributed by atoms with Crippen LogP contribution in [0.3, 0.4) is 0 Å². The normalized spacial score (nSPS) is 12.6. The average Bonchev–Trinajstić information content (AvgIpc) is 2.57. The van der Waals surface area contributed by atoms with Gasteiger partial charge in [0.1, 0.15) is 15.9 Å². The molecule has 4 N–H and O–H groups in total. The van der Waals surface area contributed by atoms with Gasteiger partial charge in [0.15, 0.2) is 0 Å². The van der Waals surface area contributed by atoms with Crippen LogP contribution in [0.15, 0.2) is 24.3 Å². The molecule has 0 saturated heterocycles. The molecule has 160 valence electrons. The van der Waals surface area contributed by atoms with Crippen LogP contribution < -0.4 is 16.4 Å². The molecule has 1 rings (SSSR count). The van der Waals surface area contributed by atoms with Gasteiger partial charge in [0.25, 0.3) is 5.91 Å². The van der Waals surface area contributed by atoms with Gasteiger partial charge < -0.3 is 16.4 Å². The zero-order chi connectivity index (χ0) is 20.7. The Morgan fingerprint density at radius 2 is 1.71 bits per heavy atom. The second kappa shape index (κ2) is 11.4. The molecular formula is C19H32ClN3O4S. The summed E-state index contributed by atoms with van der Waals surface area (Å²) in [5.41, 5.74) is 6.88. The number of carbonyl (C=O) groups is 2. The van der Waals surface area contributed by atoms with Gasteiger partial charge in [-0.05, 0) is 42.5 Å². The van der Waals surface area contributed by atoms with E-state index in [1.54, 1.807) is 12.1 Å². The summed E-state index contributed by atoms with van der Waals surface area (Å²) in [6.45, 7) is 7.04. The van der Waals surface area contributed by atoms with E-state index in [0.717, 1.165) is 11.8 Å². The Morgan fingerprint density at radius 3 is 2.18 bits per heavy atom. The summed E-state index contributed by atoms with van der Waals surface area (Å²) in [6, 6.07) is 6.24. The highest BCUT2D eigenvalue weighted by Gasteiger charge is 2.23. The van der Waals surface area contributed by atoms with Crippen molar-refractivity contribution in [1.82, 2.24) is 10.6 Å². The summed E-state index contributed by atoms with van der Waals surface area (Å²) in [6.07, 6.45) is 1.72. The molecule has 0 fully saturated rings. The number of sulfone groups is 1. The molecule has 7 nitrogen and oxygen atoms in total. The van der Waals surface area contributed by atoms with Crippen LogP contribution in [-0.4, -0.2) is 51.4 Å². The van der Waals surface area contributed by atoms with Gasteiger partial charge in [-0.2, -0.15) is 0 Å². The quantitative estimate of drug-likeness (QED) is 0.508. The molecule has 1 atom stereocenters. The molecule has 0 radical (unpaired) electrons. The van der Waals surface area contributed by atoms with Crippen LogP contribution >= 0.6 is 12.4 Å². The van der Waals surface area contributed by atoms with E-state index in [1.165, 1.54) is 0 Å². The van der Waals surface area contributed by atoms with Crippen molar-refractivity contribution in [2.45, 2.75) is 45.1 Å². The van der Waals surface area contributed by atoms with Crippen LogP contribution in [0, 0.1) is 0 Å². The van der Waals surface area contributed by atoms with E-state index in [2.05, 4.69) is 31.4 Å². The van der Waals surface area contributed by atoms with Crippen LogP contribution in [0.1, 0.15) is 49.5 Å². The molecule has 0 bridgehead atoms. The first-order valence-electron chi connectivity index (χ1n) is 9.01. The van der Waals surface area contributed by atoms with Gasteiger partial charge in [-0.15, -0.1) is 12.4 Å². The molecule has 2 amide bonds. The van der Waals surface area contributed by atoms with Crippen molar-refractivity contribution in [2.75, 3.05) is 25.1 Å². The molecule has 9 heteroatoms. The van der Waals surface area contributed by atoms with Crippen molar-refractivity contribution >= 4 is 34.1 Å². The first-order chi connectivity index (χ1) is 12.4. The van der Waals surface area contributed by atoms with Crippen molar-refractivity contribution in [2.24, 2.45) is 5.73 Å². The molecule has 0 aliphatic carbocycles. The van der Waals surface area contributed by atoms with Gasteiger partial charge in [0.2, 0.25) is 5.91 Å². The highest BCUT2D eigenvalue weighted by molar-refractivity contribution is 7.90. The van der Waals surface area contributed by atoms with Crippen LogP contribution in [-0.2, 0) is 20.0 Å². The topological polar surface area (TPSA) is 118 Å². The van der Waals surface area contributed by atoms with Gasteiger partial charge >= 0.3 is 0 Å². The Balaban J connectivity index is 0.00000729. The zero-order valence-corrected chi connectivity index (χ0v) is 18.6. The van der Waals surface area contributed by atoms with E-state index in [-0.39, 0.29) is 30.0 Å². The molecule has 28 heavy (non-hydrogen) atoms. The monoisotopic (exact) mass is 433 g/mol. The fourth-order valence-electron chi connectivity index (χ4n) is 2.40. The number of carbonyl (C=O) groups excluding carboxylic acids is 2. The third-order valence-electron chi connectivity index (χ3n) is 4.09. The average molecular weight is 434 g/mol. The maximum Gasteiger partial charge on any atom is 0.251 e. The second-order valence-electron chi connectivity index (χ2n) is 7.71. The Hall–Kier alpha value is -1.64. The first-order valence-corrected chi connectivity index (χ1v) is 11.1. The summed E-state index contributed by atoms with van der Waals surface area (Å²) in [7, 11) is -3.25. The number of hydrogen-bond donors (Lipinski definition) is 3. The van der Waals surface area contributed by atoms with Gasteiger partial charge in [-0.1, -0.05) is 32.9 Å². The first kappa shape index (κ1) is 26.4. The van der Waals surface area contributed by atoms with E-state index in [4.69, 9.17) is 5.73 Å². The minimum Gasteiger partial charge on any atom is -0.354 e. The van der Waals surface area contributed by atoms with Crippen molar-refractivity contribution in [1.29, 1.82) is 0 Å². The predicted molar refractivity (Wildman–Crippen MR) is 115 cm³/mol. The lowest BCUT2D eigenvalue weighted by Gasteiger charge is -2.20. The Labute approximate surface area is 174 Å². The van der Waals surface area contributed by atoms with Gasteiger partial charge in [-0.3, -0.25) is 9.59 Å². The smallest absolute Gasteiger partial charge is 0.251 e. The molecule has 0 heterocycles. The summed E-state index contributed by atoms with van der Waals surface area (Å²) >= 11 is 0. The maximum atomic E-state index is 12.5. The lowest BCUT2D eigenvalue weighted by Crippen LogP contribution is -2.48. The molecule has 1 aromatic rings. The molecule has 1 aromatic carbocycles. The van der Waals surface area contributed by atoms with Gasteiger partial charge in [-0.25, -0.2) is 8.42 Å². The SMILES string of the molecule is CC(C)(C)c1ccc(C(=O)NC(CCS(C)(=O)=O)C(=O)NCCCN)cc1.Cl. The Morgan fingerprint density at radius 1 is 1.14 bits per heavy atom.